The first kappa shape index (κ1) is 13.9. The Morgan fingerprint density at radius 3 is 2.86 bits per heavy atom. The summed E-state index contributed by atoms with van der Waals surface area (Å²) in [6.07, 6.45) is 0.724. The molecule has 3 nitrogen and oxygen atoms in total. The van der Waals surface area contributed by atoms with Crippen LogP contribution in [0.25, 0.3) is 0 Å². The fourth-order valence-electron chi connectivity index (χ4n) is 2.61. The summed E-state index contributed by atoms with van der Waals surface area (Å²) in [4.78, 5) is 14.1. The molecular formula is C16H14ClFN2O. The number of carbonyl (C=O) groups excluding carboxylic acids is 1. The van der Waals surface area contributed by atoms with E-state index in [0.717, 1.165) is 23.6 Å². The summed E-state index contributed by atoms with van der Waals surface area (Å²) in [6.45, 7) is 0.959. The Kier molecular flexibility index (Phi) is 3.55. The Bertz CT molecular complexity index is 717. The zero-order valence-electron chi connectivity index (χ0n) is 11.3. The maximum Gasteiger partial charge on any atom is 0.257 e. The summed E-state index contributed by atoms with van der Waals surface area (Å²) in [5, 5.41) is 0.275. The molecule has 0 saturated carbocycles. The Morgan fingerprint density at radius 2 is 2.10 bits per heavy atom. The van der Waals surface area contributed by atoms with Crippen LogP contribution in [0.5, 0.6) is 0 Å². The van der Waals surface area contributed by atoms with Crippen LogP contribution < -0.4 is 5.73 Å². The molecule has 0 aromatic heterocycles. The van der Waals surface area contributed by atoms with E-state index in [1.165, 1.54) is 12.1 Å². The van der Waals surface area contributed by atoms with E-state index in [-0.39, 0.29) is 16.5 Å². The predicted octanol–water partition coefficient (Wildman–Crippen LogP) is 3.26. The molecule has 1 amide bonds. The van der Waals surface area contributed by atoms with E-state index in [2.05, 4.69) is 0 Å². The van der Waals surface area contributed by atoms with Gasteiger partial charge in [0, 0.05) is 23.8 Å². The van der Waals surface area contributed by atoms with Crippen molar-refractivity contribution in [3.05, 3.63) is 63.9 Å². The normalized spacial score (nSPS) is 13.9. The molecule has 0 radical (unpaired) electrons. The van der Waals surface area contributed by atoms with Gasteiger partial charge >= 0.3 is 0 Å². The van der Waals surface area contributed by atoms with Crippen molar-refractivity contribution in [2.24, 2.45) is 0 Å². The third-order valence-corrected chi connectivity index (χ3v) is 3.99. The van der Waals surface area contributed by atoms with Crippen molar-refractivity contribution in [2.75, 3.05) is 12.3 Å². The van der Waals surface area contributed by atoms with Gasteiger partial charge in [0.25, 0.3) is 5.91 Å². The molecule has 2 aromatic rings. The molecule has 0 unspecified atom stereocenters. The first-order chi connectivity index (χ1) is 10.1. The summed E-state index contributed by atoms with van der Waals surface area (Å²) >= 11 is 5.71. The highest BCUT2D eigenvalue weighted by molar-refractivity contribution is 6.30. The van der Waals surface area contributed by atoms with Crippen molar-refractivity contribution >= 4 is 23.2 Å². The first-order valence-corrected chi connectivity index (χ1v) is 7.04. The van der Waals surface area contributed by atoms with E-state index in [1.54, 1.807) is 4.90 Å². The molecule has 108 valence electrons. The van der Waals surface area contributed by atoms with Crippen molar-refractivity contribution < 1.29 is 9.18 Å². The molecule has 0 fully saturated rings. The van der Waals surface area contributed by atoms with E-state index in [9.17, 15) is 9.18 Å². The minimum atomic E-state index is -0.598. The molecule has 1 aliphatic rings. The molecule has 1 heterocycles. The zero-order valence-corrected chi connectivity index (χ0v) is 12.0. The highest BCUT2D eigenvalue weighted by atomic mass is 35.5. The van der Waals surface area contributed by atoms with Crippen LogP contribution in [0, 0.1) is 5.82 Å². The van der Waals surface area contributed by atoms with Gasteiger partial charge in [0.1, 0.15) is 5.82 Å². The lowest BCUT2D eigenvalue weighted by molar-refractivity contribution is 0.0730. The highest BCUT2D eigenvalue weighted by Gasteiger charge is 2.24. The first-order valence-electron chi connectivity index (χ1n) is 6.67. The number of fused-ring (bicyclic) bond motifs is 1. The van der Waals surface area contributed by atoms with Crippen LogP contribution in [-0.2, 0) is 13.0 Å². The minimum absolute atomic E-state index is 0.0392. The van der Waals surface area contributed by atoms with Gasteiger partial charge in [-0.3, -0.25) is 4.79 Å². The standard InChI is InChI=1S/C16H14ClFN2O/c17-11-4-5-12(14(18)8-11)16(21)20-7-6-10-2-1-3-15(19)13(10)9-20/h1-5,8H,6-7,9,19H2. The summed E-state index contributed by atoms with van der Waals surface area (Å²) in [5.74, 6) is -0.933. The van der Waals surface area contributed by atoms with Gasteiger partial charge in [-0.25, -0.2) is 4.39 Å². The number of amides is 1. The number of carbonyl (C=O) groups is 1. The van der Waals surface area contributed by atoms with Crippen LogP contribution in [0.1, 0.15) is 21.5 Å². The average molecular weight is 305 g/mol. The van der Waals surface area contributed by atoms with Gasteiger partial charge in [-0.15, -0.1) is 0 Å². The van der Waals surface area contributed by atoms with Crippen molar-refractivity contribution in [1.82, 2.24) is 4.90 Å². The van der Waals surface area contributed by atoms with Crippen molar-refractivity contribution in [1.29, 1.82) is 0 Å². The number of nitrogen functional groups attached to an aromatic ring is 1. The van der Waals surface area contributed by atoms with Crippen LogP contribution in [0.2, 0.25) is 5.02 Å². The second kappa shape index (κ2) is 5.37. The maximum absolute atomic E-state index is 13.9. The number of nitrogens with zero attached hydrogens (tertiary/aromatic N) is 1. The third-order valence-electron chi connectivity index (χ3n) is 3.76. The van der Waals surface area contributed by atoms with Crippen molar-refractivity contribution in [3.63, 3.8) is 0 Å². The molecule has 0 aliphatic carbocycles. The highest BCUT2D eigenvalue weighted by Crippen LogP contribution is 2.26. The molecule has 1 aliphatic heterocycles. The fraction of sp³-hybridized carbons (Fsp3) is 0.188. The Labute approximate surface area is 127 Å². The van der Waals surface area contributed by atoms with E-state index in [0.29, 0.717) is 18.8 Å². The lowest BCUT2D eigenvalue weighted by Crippen LogP contribution is -2.36. The number of rotatable bonds is 1. The number of anilines is 1. The average Bonchev–Trinajstić information content (AvgIpc) is 2.47. The molecule has 0 bridgehead atoms. The van der Waals surface area contributed by atoms with Crippen molar-refractivity contribution in [3.8, 4) is 0 Å². The summed E-state index contributed by atoms with van der Waals surface area (Å²) in [7, 11) is 0. The molecule has 0 saturated heterocycles. The summed E-state index contributed by atoms with van der Waals surface area (Å²) < 4.78 is 13.9. The van der Waals surface area contributed by atoms with Gasteiger partial charge in [-0.05, 0) is 41.8 Å². The summed E-state index contributed by atoms with van der Waals surface area (Å²) in [5.41, 5.74) is 8.77. The lowest BCUT2D eigenvalue weighted by Gasteiger charge is -2.30. The number of benzene rings is 2. The van der Waals surface area contributed by atoms with Gasteiger partial charge in [0.15, 0.2) is 0 Å². The molecule has 0 atom stereocenters. The SMILES string of the molecule is Nc1cccc2c1CN(C(=O)c1ccc(Cl)cc1F)CC2. The lowest BCUT2D eigenvalue weighted by atomic mass is 9.97. The zero-order chi connectivity index (χ0) is 15.0. The second-order valence-electron chi connectivity index (χ2n) is 5.09. The number of nitrogens with two attached hydrogens (primary N) is 1. The molecule has 5 heteroatoms. The van der Waals surface area contributed by atoms with Gasteiger partial charge in [-0.2, -0.15) is 0 Å². The quantitative estimate of drug-likeness (QED) is 0.822. The van der Waals surface area contributed by atoms with Crippen LogP contribution in [0.15, 0.2) is 36.4 Å². The van der Waals surface area contributed by atoms with E-state index >= 15 is 0 Å². The predicted molar refractivity (Wildman–Crippen MR) is 80.7 cm³/mol. The fourth-order valence-corrected chi connectivity index (χ4v) is 2.77. The molecule has 2 N–H and O–H groups in total. The maximum atomic E-state index is 13.9. The number of hydrogen-bond donors (Lipinski definition) is 1. The van der Waals surface area contributed by atoms with Crippen LogP contribution in [0.3, 0.4) is 0 Å². The Hall–Kier alpha value is -2.07. The second-order valence-corrected chi connectivity index (χ2v) is 5.52. The van der Waals surface area contributed by atoms with E-state index in [4.69, 9.17) is 17.3 Å². The Balaban J connectivity index is 1.89. The van der Waals surface area contributed by atoms with Crippen molar-refractivity contribution in [2.45, 2.75) is 13.0 Å². The largest absolute Gasteiger partial charge is 0.398 e. The minimum Gasteiger partial charge on any atom is -0.398 e. The number of halogens is 2. The summed E-state index contributed by atoms with van der Waals surface area (Å²) in [6, 6.07) is 9.83. The monoisotopic (exact) mass is 304 g/mol. The van der Waals surface area contributed by atoms with Crippen LogP contribution in [-0.4, -0.2) is 17.4 Å². The van der Waals surface area contributed by atoms with Crippen LogP contribution in [0.4, 0.5) is 10.1 Å². The molecular weight excluding hydrogens is 291 g/mol. The van der Waals surface area contributed by atoms with E-state index < -0.39 is 5.82 Å². The topological polar surface area (TPSA) is 46.3 Å². The van der Waals surface area contributed by atoms with Gasteiger partial charge < -0.3 is 10.6 Å². The Morgan fingerprint density at radius 1 is 1.29 bits per heavy atom. The smallest absolute Gasteiger partial charge is 0.257 e. The van der Waals surface area contributed by atoms with Gasteiger partial charge in [0.2, 0.25) is 0 Å². The molecule has 21 heavy (non-hydrogen) atoms. The van der Waals surface area contributed by atoms with E-state index in [1.807, 2.05) is 18.2 Å². The van der Waals surface area contributed by atoms with Gasteiger partial charge in [-0.1, -0.05) is 23.7 Å². The third kappa shape index (κ3) is 2.59. The number of hydrogen-bond acceptors (Lipinski definition) is 2. The molecule has 0 spiro atoms. The molecule has 3 rings (SSSR count). The van der Waals surface area contributed by atoms with Gasteiger partial charge in [0.05, 0.1) is 5.56 Å². The van der Waals surface area contributed by atoms with Crippen LogP contribution >= 0.6 is 11.6 Å². The molecule has 2 aromatic carbocycles.